The van der Waals surface area contributed by atoms with E-state index in [4.69, 9.17) is 0 Å². The monoisotopic (exact) mass is 224 g/mol. The Morgan fingerprint density at radius 2 is 2.12 bits per heavy atom. The number of hydrogen-bond donors (Lipinski definition) is 2. The van der Waals surface area contributed by atoms with Crippen molar-refractivity contribution in [3.63, 3.8) is 0 Å². The first-order valence-electron chi connectivity index (χ1n) is 7.22. The number of piperidine rings is 1. The second-order valence-corrected chi connectivity index (χ2v) is 5.93. The maximum Gasteiger partial charge on any atom is 0.0195 e. The van der Waals surface area contributed by atoms with Gasteiger partial charge in [0.25, 0.3) is 0 Å². The first kappa shape index (κ1) is 12.4. The summed E-state index contributed by atoms with van der Waals surface area (Å²) in [4.78, 5) is 0. The molecular weight excluding hydrogens is 196 g/mol. The van der Waals surface area contributed by atoms with Gasteiger partial charge >= 0.3 is 0 Å². The van der Waals surface area contributed by atoms with E-state index in [0.717, 1.165) is 12.0 Å². The fourth-order valence-corrected chi connectivity index (χ4v) is 2.97. The molecule has 0 aromatic rings. The predicted octanol–water partition coefficient (Wildman–Crippen LogP) is 2.54. The van der Waals surface area contributed by atoms with E-state index in [1.165, 1.54) is 58.2 Å². The summed E-state index contributed by atoms with van der Waals surface area (Å²) in [5.41, 5.74) is 0.693. The maximum atomic E-state index is 3.69. The van der Waals surface area contributed by atoms with Crippen molar-refractivity contribution in [1.82, 2.24) is 10.6 Å². The van der Waals surface area contributed by atoms with Crippen molar-refractivity contribution in [3.05, 3.63) is 0 Å². The van der Waals surface area contributed by atoms with Gasteiger partial charge in [-0.2, -0.15) is 0 Å². The molecule has 2 N–H and O–H groups in total. The Balaban J connectivity index is 1.62. The van der Waals surface area contributed by atoms with E-state index in [0.29, 0.717) is 5.41 Å². The Labute approximate surface area is 101 Å². The van der Waals surface area contributed by atoms with Crippen LogP contribution in [0.4, 0.5) is 0 Å². The molecule has 2 fully saturated rings. The van der Waals surface area contributed by atoms with Gasteiger partial charge in [-0.15, -0.1) is 0 Å². The predicted molar refractivity (Wildman–Crippen MR) is 69.6 cm³/mol. The summed E-state index contributed by atoms with van der Waals surface area (Å²) in [5, 5.41) is 7.34. The molecule has 2 atom stereocenters. The molecule has 2 rings (SSSR count). The maximum absolute atomic E-state index is 3.69. The quantitative estimate of drug-likeness (QED) is 0.724. The molecule has 1 saturated carbocycles. The normalized spacial score (nSPS) is 32.6. The third kappa shape index (κ3) is 3.21. The molecule has 0 radical (unpaired) electrons. The Morgan fingerprint density at radius 3 is 2.75 bits per heavy atom. The summed E-state index contributed by atoms with van der Waals surface area (Å²) in [7, 11) is 0. The van der Waals surface area contributed by atoms with Crippen molar-refractivity contribution in [3.8, 4) is 0 Å². The van der Waals surface area contributed by atoms with Crippen molar-refractivity contribution >= 4 is 0 Å². The average molecular weight is 224 g/mol. The molecule has 2 unspecified atom stereocenters. The largest absolute Gasteiger partial charge is 0.315 e. The summed E-state index contributed by atoms with van der Waals surface area (Å²) in [5.74, 6) is 0.967. The topological polar surface area (TPSA) is 24.1 Å². The molecule has 94 valence electrons. The molecule has 2 aliphatic rings. The minimum atomic E-state index is 0.693. The first-order chi connectivity index (χ1) is 7.78. The molecule has 1 heterocycles. The molecule has 0 bridgehead atoms. The average Bonchev–Trinajstić information content (AvgIpc) is 3.10. The summed E-state index contributed by atoms with van der Waals surface area (Å²) in [6.45, 7) is 8.32. The number of rotatable bonds is 6. The highest BCUT2D eigenvalue weighted by molar-refractivity contribution is 4.94. The zero-order valence-electron chi connectivity index (χ0n) is 11.0. The van der Waals surface area contributed by atoms with Crippen molar-refractivity contribution in [2.45, 2.75) is 58.4 Å². The number of hydrogen-bond acceptors (Lipinski definition) is 2. The van der Waals surface area contributed by atoms with Gasteiger partial charge in [0.2, 0.25) is 0 Å². The molecular formula is C14H28N2. The molecule has 0 spiro atoms. The summed E-state index contributed by atoms with van der Waals surface area (Å²) in [6.07, 6.45) is 8.37. The van der Waals surface area contributed by atoms with Crippen molar-refractivity contribution in [2.24, 2.45) is 11.3 Å². The molecule has 2 nitrogen and oxygen atoms in total. The van der Waals surface area contributed by atoms with E-state index < -0.39 is 0 Å². The van der Waals surface area contributed by atoms with E-state index in [2.05, 4.69) is 24.5 Å². The van der Waals surface area contributed by atoms with Gasteiger partial charge in [0.1, 0.15) is 0 Å². The molecule has 16 heavy (non-hydrogen) atoms. The SMILES string of the molecule is CCC1CCNC(CNCC2(CC)CC2)C1. The van der Waals surface area contributed by atoms with Crippen LogP contribution in [-0.2, 0) is 0 Å². The lowest BCUT2D eigenvalue weighted by atomic mass is 9.90. The standard InChI is InChI=1S/C14H28N2/c1-3-12-5-8-16-13(9-12)10-15-11-14(4-2)6-7-14/h12-13,15-16H,3-11H2,1-2H3. The zero-order chi connectivity index (χ0) is 11.4. The van der Waals surface area contributed by atoms with Crippen LogP contribution in [0.3, 0.4) is 0 Å². The van der Waals surface area contributed by atoms with Gasteiger partial charge in [-0.3, -0.25) is 0 Å². The lowest BCUT2D eigenvalue weighted by molar-refractivity contribution is 0.282. The van der Waals surface area contributed by atoms with Crippen LogP contribution in [-0.4, -0.2) is 25.7 Å². The second-order valence-electron chi connectivity index (χ2n) is 5.93. The van der Waals surface area contributed by atoms with Crippen molar-refractivity contribution in [2.75, 3.05) is 19.6 Å². The van der Waals surface area contributed by atoms with Crippen LogP contribution in [0.5, 0.6) is 0 Å². The van der Waals surface area contributed by atoms with Gasteiger partial charge in [0, 0.05) is 19.1 Å². The van der Waals surface area contributed by atoms with Crippen molar-refractivity contribution in [1.29, 1.82) is 0 Å². The highest BCUT2D eigenvalue weighted by atomic mass is 15.0. The van der Waals surface area contributed by atoms with E-state index in [1.807, 2.05) is 0 Å². The van der Waals surface area contributed by atoms with Crippen LogP contribution in [0.15, 0.2) is 0 Å². The first-order valence-corrected chi connectivity index (χ1v) is 7.22. The van der Waals surface area contributed by atoms with Crippen LogP contribution in [0.2, 0.25) is 0 Å². The van der Waals surface area contributed by atoms with Crippen LogP contribution >= 0.6 is 0 Å². The minimum Gasteiger partial charge on any atom is -0.315 e. The Morgan fingerprint density at radius 1 is 1.31 bits per heavy atom. The highest BCUT2D eigenvalue weighted by Gasteiger charge is 2.40. The summed E-state index contributed by atoms with van der Waals surface area (Å²) >= 11 is 0. The fraction of sp³-hybridized carbons (Fsp3) is 1.00. The third-order valence-corrected chi connectivity index (χ3v) is 4.78. The lowest BCUT2D eigenvalue weighted by Gasteiger charge is -2.30. The highest BCUT2D eigenvalue weighted by Crippen LogP contribution is 2.47. The fourth-order valence-electron chi connectivity index (χ4n) is 2.97. The summed E-state index contributed by atoms with van der Waals surface area (Å²) < 4.78 is 0. The molecule has 0 aromatic heterocycles. The van der Waals surface area contributed by atoms with E-state index >= 15 is 0 Å². The van der Waals surface area contributed by atoms with Crippen LogP contribution < -0.4 is 10.6 Å². The van der Waals surface area contributed by atoms with Crippen LogP contribution in [0.25, 0.3) is 0 Å². The second kappa shape index (κ2) is 5.50. The van der Waals surface area contributed by atoms with Crippen LogP contribution in [0.1, 0.15) is 52.4 Å². The van der Waals surface area contributed by atoms with Crippen molar-refractivity contribution < 1.29 is 0 Å². The molecule has 1 aliphatic heterocycles. The van der Waals surface area contributed by atoms with Gasteiger partial charge in [-0.1, -0.05) is 20.3 Å². The van der Waals surface area contributed by atoms with Gasteiger partial charge in [0.15, 0.2) is 0 Å². The van der Waals surface area contributed by atoms with E-state index in [-0.39, 0.29) is 0 Å². The molecule has 0 aromatic carbocycles. The molecule has 0 amide bonds. The zero-order valence-corrected chi connectivity index (χ0v) is 11.0. The lowest BCUT2D eigenvalue weighted by Crippen LogP contribution is -2.45. The molecule has 1 aliphatic carbocycles. The number of nitrogens with one attached hydrogen (secondary N) is 2. The van der Waals surface area contributed by atoms with Gasteiger partial charge in [-0.25, -0.2) is 0 Å². The Bertz CT molecular complexity index is 211. The van der Waals surface area contributed by atoms with Gasteiger partial charge < -0.3 is 10.6 Å². The third-order valence-electron chi connectivity index (χ3n) is 4.78. The Kier molecular flexibility index (Phi) is 4.26. The van der Waals surface area contributed by atoms with Crippen LogP contribution in [0, 0.1) is 11.3 Å². The Hall–Kier alpha value is -0.0800. The van der Waals surface area contributed by atoms with E-state index in [9.17, 15) is 0 Å². The van der Waals surface area contributed by atoms with Gasteiger partial charge in [-0.05, 0) is 50.0 Å². The molecule has 1 saturated heterocycles. The summed E-state index contributed by atoms with van der Waals surface area (Å²) in [6, 6.07) is 0.728. The minimum absolute atomic E-state index is 0.693. The van der Waals surface area contributed by atoms with E-state index in [1.54, 1.807) is 0 Å². The molecule has 2 heteroatoms. The van der Waals surface area contributed by atoms with Gasteiger partial charge in [0.05, 0.1) is 0 Å². The smallest absolute Gasteiger partial charge is 0.0195 e.